The summed E-state index contributed by atoms with van der Waals surface area (Å²) in [7, 11) is 0. The molecule has 0 bridgehead atoms. The van der Waals surface area contributed by atoms with Gasteiger partial charge in [0.2, 0.25) is 5.91 Å². The Hall–Kier alpha value is -2.08. The molecule has 0 saturated heterocycles. The van der Waals surface area contributed by atoms with E-state index in [2.05, 4.69) is 43.9 Å². The second kappa shape index (κ2) is 7.00. The molecule has 0 aliphatic heterocycles. The van der Waals surface area contributed by atoms with Crippen molar-refractivity contribution in [3.8, 4) is 0 Å². The van der Waals surface area contributed by atoms with Crippen LogP contribution >= 0.6 is 15.9 Å². The second-order valence-electron chi connectivity index (χ2n) is 5.72. The third-order valence-electron chi connectivity index (χ3n) is 3.99. The van der Waals surface area contributed by atoms with Crippen molar-refractivity contribution in [3.63, 3.8) is 0 Å². The maximum atomic E-state index is 12.0. The van der Waals surface area contributed by atoms with Crippen LogP contribution in [0.2, 0.25) is 0 Å². The molecule has 120 valence electrons. The van der Waals surface area contributed by atoms with Gasteiger partial charge in [-0.3, -0.25) is 20.4 Å². The fourth-order valence-electron chi connectivity index (χ4n) is 2.82. The molecule has 0 spiro atoms. The number of hydrogen-bond donors (Lipinski definition) is 3. The van der Waals surface area contributed by atoms with E-state index in [-0.39, 0.29) is 18.2 Å². The fraction of sp³-hybridized carbons (Fsp3) is 0.294. The van der Waals surface area contributed by atoms with Crippen LogP contribution in [0.15, 0.2) is 34.9 Å². The third kappa shape index (κ3) is 4.01. The van der Waals surface area contributed by atoms with Crippen LogP contribution in [-0.4, -0.2) is 16.8 Å². The molecule has 2 amide bonds. The first-order valence-electron chi connectivity index (χ1n) is 7.65. The summed E-state index contributed by atoms with van der Waals surface area (Å²) in [6.45, 7) is 0. The lowest BCUT2D eigenvalue weighted by Gasteiger charge is -2.16. The first-order valence-corrected chi connectivity index (χ1v) is 8.45. The highest BCUT2D eigenvalue weighted by Gasteiger charge is 2.12. The zero-order chi connectivity index (χ0) is 16.2. The molecule has 0 radical (unpaired) electrons. The second-order valence-corrected chi connectivity index (χ2v) is 6.64. The first-order chi connectivity index (χ1) is 11.1. The normalized spacial score (nSPS) is 13.3. The largest absolute Gasteiger partial charge is 0.356 e. The average Bonchev–Trinajstić information content (AvgIpc) is 2.99. The maximum absolute atomic E-state index is 12.0. The number of carbonyl (C=O) groups is 2. The van der Waals surface area contributed by atoms with Gasteiger partial charge in [0.15, 0.2) is 0 Å². The van der Waals surface area contributed by atoms with E-state index in [1.54, 1.807) is 12.3 Å². The first kappa shape index (κ1) is 15.8. The molecule has 5 nitrogen and oxygen atoms in total. The summed E-state index contributed by atoms with van der Waals surface area (Å²) in [5.74, 6) is -0.616. The van der Waals surface area contributed by atoms with Crippen molar-refractivity contribution in [1.29, 1.82) is 0 Å². The Balaban J connectivity index is 1.54. The summed E-state index contributed by atoms with van der Waals surface area (Å²) in [6, 6.07) is 7.86. The summed E-state index contributed by atoms with van der Waals surface area (Å²) in [4.78, 5) is 26.6. The average molecular weight is 376 g/mol. The van der Waals surface area contributed by atoms with Crippen LogP contribution in [0.3, 0.4) is 0 Å². The zero-order valence-corrected chi connectivity index (χ0v) is 14.2. The number of aromatic amines is 1. The minimum Gasteiger partial charge on any atom is -0.356 e. The van der Waals surface area contributed by atoms with Gasteiger partial charge in [-0.25, -0.2) is 0 Å². The highest BCUT2D eigenvalue weighted by atomic mass is 79.9. The Bertz CT molecular complexity index is 739. The summed E-state index contributed by atoms with van der Waals surface area (Å²) >= 11 is 3.26. The standard InChI is InChI=1S/C17H18BrN3O2/c18-14-9-15(19-10-14)17(23)21-20-16(22)8-11-5-6-12-3-1-2-4-13(12)7-11/h5-7,9-10,19H,1-4,8H2,(H,20,22)(H,21,23). The number of nitrogens with one attached hydrogen (secondary N) is 3. The van der Waals surface area contributed by atoms with E-state index in [1.165, 1.54) is 24.0 Å². The van der Waals surface area contributed by atoms with Crippen LogP contribution in [0.5, 0.6) is 0 Å². The number of benzene rings is 1. The van der Waals surface area contributed by atoms with Crippen molar-refractivity contribution in [2.75, 3.05) is 0 Å². The highest BCUT2D eigenvalue weighted by molar-refractivity contribution is 9.10. The van der Waals surface area contributed by atoms with Gasteiger partial charge in [0.1, 0.15) is 5.69 Å². The number of halogens is 1. The highest BCUT2D eigenvalue weighted by Crippen LogP contribution is 2.22. The molecule has 1 aliphatic carbocycles. The van der Waals surface area contributed by atoms with Gasteiger partial charge in [-0.2, -0.15) is 0 Å². The number of H-pyrrole nitrogens is 1. The molecular formula is C17H18BrN3O2. The zero-order valence-electron chi connectivity index (χ0n) is 12.6. The predicted molar refractivity (Wildman–Crippen MR) is 90.9 cm³/mol. The number of fused-ring (bicyclic) bond motifs is 1. The van der Waals surface area contributed by atoms with Gasteiger partial charge in [-0.05, 0) is 64.4 Å². The van der Waals surface area contributed by atoms with Crippen LogP contribution in [-0.2, 0) is 24.1 Å². The smallest absolute Gasteiger partial charge is 0.286 e. The van der Waals surface area contributed by atoms with Crippen LogP contribution < -0.4 is 10.9 Å². The molecule has 23 heavy (non-hydrogen) atoms. The van der Waals surface area contributed by atoms with Gasteiger partial charge in [0.05, 0.1) is 6.42 Å². The van der Waals surface area contributed by atoms with Crippen molar-refractivity contribution in [2.45, 2.75) is 32.1 Å². The number of hydrogen-bond acceptors (Lipinski definition) is 2. The molecule has 3 rings (SSSR count). The van der Waals surface area contributed by atoms with Crippen LogP contribution in [0.4, 0.5) is 0 Å². The maximum Gasteiger partial charge on any atom is 0.286 e. The molecule has 1 aromatic heterocycles. The SMILES string of the molecule is O=C(Cc1ccc2c(c1)CCCC2)NNC(=O)c1cc(Br)c[nH]1. The van der Waals surface area contributed by atoms with E-state index in [9.17, 15) is 9.59 Å². The molecular weight excluding hydrogens is 358 g/mol. The molecule has 0 saturated carbocycles. The lowest BCUT2D eigenvalue weighted by Crippen LogP contribution is -2.42. The van der Waals surface area contributed by atoms with Crippen LogP contribution in [0.1, 0.15) is 40.0 Å². The van der Waals surface area contributed by atoms with E-state index < -0.39 is 0 Å². The van der Waals surface area contributed by atoms with Gasteiger partial charge in [-0.1, -0.05) is 18.2 Å². The van der Waals surface area contributed by atoms with Gasteiger partial charge in [0, 0.05) is 10.7 Å². The molecule has 6 heteroatoms. The van der Waals surface area contributed by atoms with Crippen molar-refractivity contribution < 1.29 is 9.59 Å². The Morgan fingerprint density at radius 1 is 1.09 bits per heavy atom. The lowest BCUT2D eigenvalue weighted by molar-refractivity contribution is -0.121. The Labute approximate surface area is 143 Å². The van der Waals surface area contributed by atoms with E-state index in [4.69, 9.17) is 0 Å². The number of hydrazine groups is 1. The molecule has 3 N–H and O–H groups in total. The van der Waals surface area contributed by atoms with Crippen LogP contribution in [0, 0.1) is 0 Å². The monoisotopic (exact) mass is 375 g/mol. The molecule has 0 atom stereocenters. The molecule has 1 aromatic carbocycles. The summed E-state index contributed by atoms with van der Waals surface area (Å²) in [5, 5.41) is 0. The topological polar surface area (TPSA) is 74.0 Å². The lowest BCUT2D eigenvalue weighted by atomic mass is 9.90. The molecule has 2 aromatic rings. The van der Waals surface area contributed by atoms with Crippen molar-refractivity contribution in [1.82, 2.24) is 15.8 Å². The minimum atomic E-state index is -0.380. The van der Waals surface area contributed by atoms with Gasteiger partial charge >= 0.3 is 0 Å². The van der Waals surface area contributed by atoms with E-state index in [0.717, 1.165) is 22.9 Å². The quantitative estimate of drug-likeness (QED) is 0.721. The van der Waals surface area contributed by atoms with Crippen molar-refractivity contribution in [2.24, 2.45) is 0 Å². The molecule has 1 heterocycles. The summed E-state index contributed by atoms with van der Waals surface area (Å²) in [5.41, 5.74) is 8.95. The van der Waals surface area contributed by atoms with Gasteiger partial charge in [0.25, 0.3) is 5.91 Å². The minimum absolute atomic E-state index is 0.236. The number of amides is 2. The van der Waals surface area contributed by atoms with Crippen LogP contribution in [0.25, 0.3) is 0 Å². The predicted octanol–water partition coefficient (Wildman–Crippen LogP) is 2.66. The molecule has 0 fully saturated rings. The molecule has 0 unspecified atom stereocenters. The number of aromatic nitrogens is 1. The number of carbonyl (C=O) groups excluding carboxylic acids is 2. The van der Waals surface area contributed by atoms with E-state index in [1.807, 2.05) is 6.07 Å². The van der Waals surface area contributed by atoms with E-state index >= 15 is 0 Å². The van der Waals surface area contributed by atoms with Crippen molar-refractivity contribution in [3.05, 3.63) is 57.3 Å². The number of rotatable bonds is 3. The van der Waals surface area contributed by atoms with Gasteiger partial charge in [-0.15, -0.1) is 0 Å². The van der Waals surface area contributed by atoms with E-state index in [0.29, 0.717) is 5.69 Å². The number of aryl methyl sites for hydroxylation is 2. The Morgan fingerprint density at radius 2 is 1.87 bits per heavy atom. The van der Waals surface area contributed by atoms with Gasteiger partial charge < -0.3 is 4.98 Å². The summed E-state index contributed by atoms with van der Waals surface area (Å²) in [6.07, 6.45) is 6.58. The third-order valence-corrected chi connectivity index (χ3v) is 4.44. The Morgan fingerprint density at radius 3 is 2.61 bits per heavy atom. The molecule has 1 aliphatic rings. The summed E-state index contributed by atoms with van der Waals surface area (Å²) < 4.78 is 0.781. The Kier molecular flexibility index (Phi) is 4.81. The van der Waals surface area contributed by atoms with Crippen molar-refractivity contribution >= 4 is 27.7 Å². The fourth-order valence-corrected chi connectivity index (χ4v) is 3.16.